The minimum absolute atomic E-state index is 0.122. The number of pyridine rings is 2. The predicted molar refractivity (Wildman–Crippen MR) is 239 cm³/mol. The lowest BCUT2D eigenvalue weighted by Crippen LogP contribution is -2.49. The number of nitrogens with zero attached hydrogens (tertiary/aromatic N) is 12. The number of rotatable bonds is 17. The number of imidazole rings is 2. The van der Waals surface area contributed by atoms with Crippen LogP contribution in [0.25, 0.3) is 43.9 Å². The van der Waals surface area contributed by atoms with Crippen LogP contribution in [0.4, 0.5) is 34.9 Å². The number of nitrogens with one attached hydrogen (secondary N) is 4. The van der Waals surface area contributed by atoms with Crippen molar-refractivity contribution in [3.8, 4) is 43.9 Å². The Morgan fingerprint density at radius 2 is 1.05 bits per heavy atom. The molecule has 0 saturated heterocycles. The van der Waals surface area contributed by atoms with Gasteiger partial charge in [0.2, 0.25) is 11.9 Å². The van der Waals surface area contributed by atoms with Crippen LogP contribution in [0, 0.1) is 20.2 Å². The highest BCUT2D eigenvalue weighted by molar-refractivity contribution is 7.20. The third kappa shape index (κ3) is 9.34. The van der Waals surface area contributed by atoms with Gasteiger partial charge in [0, 0.05) is 62.4 Å². The van der Waals surface area contributed by atoms with Gasteiger partial charge < -0.3 is 20.6 Å². The van der Waals surface area contributed by atoms with Crippen molar-refractivity contribution in [3.05, 3.63) is 125 Å². The quantitative estimate of drug-likeness (QED) is 0.0490. The molecule has 62 heavy (non-hydrogen) atoms. The van der Waals surface area contributed by atoms with Crippen LogP contribution in [-0.2, 0) is 0 Å². The minimum Gasteiger partial charge on any atom is -0.368 e. The second-order valence-corrected chi connectivity index (χ2v) is 16.8. The minimum atomic E-state index is -0.534. The lowest BCUT2D eigenvalue weighted by atomic mass is 10.2. The number of anilines is 4. The molecule has 8 aromatic heterocycles. The fourth-order valence-corrected chi connectivity index (χ4v) is 9.06. The number of aromatic nitrogens is 10. The van der Waals surface area contributed by atoms with E-state index in [1.165, 1.54) is 46.9 Å². The molecular weight excluding hydrogens is 926 g/mol. The molecule has 0 atom stereocenters. The van der Waals surface area contributed by atoms with Crippen LogP contribution in [0.1, 0.15) is 0 Å². The highest BCUT2D eigenvalue weighted by Gasteiger charge is 2.28. The molecule has 0 aliphatic rings. The second kappa shape index (κ2) is 18.6. The molecule has 8 aromatic rings. The van der Waals surface area contributed by atoms with Gasteiger partial charge in [-0.05, 0) is 24.3 Å². The molecule has 20 nitrogen and oxygen atoms in total. The molecule has 8 heterocycles. The van der Waals surface area contributed by atoms with Crippen LogP contribution >= 0.6 is 69.1 Å². The summed E-state index contributed by atoms with van der Waals surface area (Å²) in [7, 11) is 0. The van der Waals surface area contributed by atoms with Crippen LogP contribution < -0.4 is 20.7 Å². The molecule has 0 spiro atoms. The van der Waals surface area contributed by atoms with Gasteiger partial charge in [-0.25, -0.2) is 49.9 Å². The average molecular weight is 953 g/mol. The second-order valence-electron chi connectivity index (χ2n) is 12.6. The predicted octanol–water partition coefficient (Wildman–Crippen LogP) is 9.18. The molecule has 0 unspecified atom stereocenters. The number of H-pyrrole nitrogens is 2. The van der Waals surface area contributed by atoms with E-state index in [2.05, 4.69) is 40.5 Å². The molecule has 0 amide bonds. The van der Waals surface area contributed by atoms with E-state index in [9.17, 15) is 20.2 Å². The Morgan fingerprint density at radius 1 is 0.613 bits per heavy atom. The Kier molecular flexibility index (Phi) is 12.6. The van der Waals surface area contributed by atoms with E-state index < -0.39 is 9.85 Å². The first-order valence-corrected chi connectivity index (χ1v) is 21.0. The molecule has 0 bridgehead atoms. The van der Waals surface area contributed by atoms with Crippen LogP contribution in [0.2, 0.25) is 18.7 Å². The highest BCUT2D eigenvalue weighted by Crippen LogP contribution is 2.43. The average Bonchev–Trinajstić information content (AvgIpc) is 4.11. The van der Waals surface area contributed by atoms with Crippen molar-refractivity contribution in [1.29, 1.82) is 0 Å². The molecule has 314 valence electrons. The first-order valence-electron chi connectivity index (χ1n) is 17.9. The fourth-order valence-electron chi connectivity index (χ4n) is 5.95. The lowest BCUT2D eigenvalue weighted by Gasteiger charge is -2.35. The summed E-state index contributed by atoms with van der Waals surface area (Å²) in [5.74, 6) is 2.03. The van der Waals surface area contributed by atoms with Crippen molar-refractivity contribution in [2.45, 2.75) is 0 Å². The summed E-state index contributed by atoms with van der Waals surface area (Å²) in [4.78, 5) is 66.0. The van der Waals surface area contributed by atoms with Gasteiger partial charge in [0.15, 0.2) is 0 Å². The summed E-state index contributed by atoms with van der Waals surface area (Å²) in [6.07, 6.45) is 12.1. The first kappa shape index (κ1) is 42.1. The van der Waals surface area contributed by atoms with Crippen molar-refractivity contribution >= 4 is 104 Å². The molecule has 8 rings (SSSR count). The highest BCUT2D eigenvalue weighted by atomic mass is 35.5. The molecule has 0 aliphatic heterocycles. The van der Waals surface area contributed by atoms with Crippen LogP contribution in [0.3, 0.4) is 0 Å². The zero-order chi connectivity index (χ0) is 43.3. The maximum atomic E-state index is 11.3. The monoisotopic (exact) mass is 950 g/mol. The van der Waals surface area contributed by atoms with Crippen LogP contribution in [-0.4, -0.2) is 85.9 Å². The Morgan fingerprint density at radius 3 is 1.37 bits per heavy atom. The Balaban J connectivity index is 1.26. The maximum Gasteiger partial charge on any atom is 0.287 e. The molecule has 26 heteroatoms. The van der Waals surface area contributed by atoms with Gasteiger partial charge in [-0.15, -0.1) is 22.7 Å². The van der Waals surface area contributed by atoms with E-state index in [4.69, 9.17) is 66.3 Å². The summed E-state index contributed by atoms with van der Waals surface area (Å²) in [6.45, 7) is 0.618. The summed E-state index contributed by atoms with van der Waals surface area (Å²) in [6, 6.07) is 8.92. The zero-order valence-corrected chi connectivity index (χ0v) is 35.9. The zero-order valence-electron chi connectivity index (χ0n) is 31.2. The Hall–Kier alpha value is -6.56. The number of hydrogen-bond donors (Lipinski definition) is 4. The molecule has 0 aliphatic carbocycles. The SMILES string of the molecule is O=[N+]([O-])c1ccc(NCCN(c2ncc(-c3ncc[nH]3)c(-c3sc(Cl)cc3Cl)n2)N(CCNc2ccc([N+](=O)[O-])cn2)c2ncc(-c3ncc[nH]3)c(-c3sc(Cl)cc3Cl)n2)nc1. The van der Waals surface area contributed by atoms with Gasteiger partial charge >= 0.3 is 0 Å². The largest absolute Gasteiger partial charge is 0.368 e. The first-order chi connectivity index (χ1) is 30.0. The fraction of sp³-hybridized carbons (Fsp3) is 0.111. The number of hydrazine groups is 1. The van der Waals surface area contributed by atoms with E-state index in [1.807, 2.05) is 0 Å². The van der Waals surface area contributed by atoms with Crippen molar-refractivity contribution in [2.75, 3.05) is 46.8 Å². The number of halogens is 4. The molecule has 0 radical (unpaired) electrons. The smallest absolute Gasteiger partial charge is 0.287 e. The van der Waals surface area contributed by atoms with E-state index in [0.717, 1.165) is 12.4 Å². The normalized spacial score (nSPS) is 11.1. The number of thiophene rings is 2. The maximum absolute atomic E-state index is 11.3. The molecular formula is C36H26Cl4N16O4S2. The summed E-state index contributed by atoms with van der Waals surface area (Å²) in [5, 5.41) is 33.2. The Bertz CT molecular complexity index is 2650. The number of aromatic amines is 2. The van der Waals surface area contributed by atoms with Gasteiger partial charge in [-0.2, -0.15) is 0 Å². The number of nitro groups is 2. The van der Waals surface area contributed by atoms with Gasteiger partial charge in [0.05, 0.1) is 73.9 Å². The molecule has 0 fully saturated rings. The summed E-state index contributed by atoms with van der Waals surface area (Å²) in [5.41, 5.74) is 1.59. The molecule has 0 saturated carbocycles. The van der Waals surface area contributed by atoms with Crippen molar-refractivity contribution in [3.63, 3.8) is 0 Å². The van der Waals surface area contributed by atoms with Crippen molar-refractivity contribution in [2.24, 2.45) is 0 Å². The van der Waals surface area contributed by atoms with Crippen LogP contribution in [0.15, 0.2) is 86.0 Å². The molecule has 4 N–H and O–H groups in total. The lowest BCUT2D eigenvalue weighted by molar-refractivity contribution is -0.385. The topological polar surface area (TPSA) is 252 Å². The molecule has 0 aromatic carbocycles. The summed E-state index contributed by atoms with van der Waals surface area (Å²) >= 11 is 28.8. The van der Waals surface area contributed by atoms with E-state index in [1.54, 1.807) is 59.3 Å². The summed E-state index contributed by atoms with van der Waals surface area (Å²) < 4.78 is 0.870. The van der Waals surface area contributed by atoms with Crippen molar-refractivity contribution in [1.82, 2.24) is 49.8 Å². The standard InChI is InChI=1S/C36H26Cl4N16O4S2/c37-23-13-25(39)61-31(23)29-21(33-43-5-6-44-33)17-49-35(51-29)53(11-9-41-27-3-1-19(15-47-27)55(57)58)54(12-10-42-28-4-2-20(16-48-28)56(59)60)36-50-18-22(34-45-7-8-46-34)30(52-36)32-24(38)14-26(40)62-32/h1-8,13-18H,9-12H2,(H,41,47)(H,42,48)(H,43,44)(H,45,46). The van der Waals surface area contributed by atoms with E-state index in [0.29, 0.717) is 74.3 Å². The van der Waals surface area contributed by atoms with Gasteiger partial charge in [-0.1, -0.05) is 46.4 Å². The van der Waals surface area contributed by atoms with Crippen molar-refractivity contribution < 1.29 is 9.85 Å². The Labute approximate surface area is 377 Å². The van der Waals surface area contributed by atoms with Gasteiger partial charge in [-0.3, -0.25) is 20.2 Å². The third-order valence-corrected chi connectivity index (χ3v) is 12.1. The van der Waals surface area contributed by atoms with Gasteiger partial charge in [0.1, 0.15) is 35.7 Å². The van der Waals surface area contributed by atoms with Crippen LogP contribution in [0.5, 0.6) is 0 Å². The third-order valence-electron chi connectivity index (χ3n) is 8.73. The van der Waals surface area contributed by atoms with Gasteiger partial charge in [0.25, 0.3) is 11.4 Å². The van der Waals surface area contributed by atoms with E-state index in [-0.39, 0.29) is 49.5 Å². The van der Waals surface area contributed by atoms with E-state index >= 15 is 0 Å². The number of hydrogen-bond acceptors (Lipinski definition) is 18.